The Morgan fingerprint density at radius 3 is 1.51 bits per heavy atom. The molecule has 324 valence electrons. The molecular formula is C45H85O9P. The molecule has 0 rings (SSSR count). The Labute approximate surface area is 337 Å². The molecule has 0 fully saturated rings. The van der Waals surface area contributed by atoms with E-state index in [-0.39, 0.29) is 25.6 Å². The van der Waals surface area contributed by atoms with Crippen molar-refractivity contribution in [3.05, 3.63) is 36.5 Å². The molecular weight excluding hydrogens is 715 g/mol. The highest BCUT2D eigenvalue weighted by Crippen LogP contribution is 2.43. The number of phosphoric ester groups is 1. The molecule has 3 unspecified atom stereocenters. The third-order valence-corrected chi connectivity index (χ3v) is 10.5. The number of esters is 1. The highest BCUT2D eigenvalue weighted by Gasteiger charge is 2.26. The summed E-state index contributed by atoms with van der Waals surface area (Å²) >= 11 is 0. The normalized spacial score (nSPS) is 14.3. The molecule has 0 amide bonds. The van der Waals surface area contributed by atoms with Crippen molar-refractivity contribution in [3.8, 4) is 0 Å². The number of aliphatic hydroxyl groups excluding tert-OH is 2. The summed E-state index contributed by atoms with van der Waals surface area (Å²) < 4.78 is 33.4. The summed E-state index contributed by atoms with van der Waals surface area (Å²) in [6.45, 7) is 3.48. The lowest BCUT2D eigenvalue weighted by Crippen LogP contribution is -2.29. The van der Waals surface area contributed by atoms with E-state index < -0.39 is 33.2 Å². The van der Waals surface area contributed by atoms with Crippen LogP contribution in [-0.4, -0.2) is 66.3 Å². The standard InChI is InChI=1S/C45H85O9P/c1-3-5-7-9-11-13-15-17-18-19-20-21-22-23-24-25-27-29-31-33-35-37-45(48)54-44(42-53-55(49,50)52-40-43(47)39-46)41-51-38-36-34-32-30-28-26-16-14-12-10-8-6-4-2/h12,14-15,17,19-20,43-44,46-47H,3-11,13,16,18,21-42H2,1-2H3,(H,49,50)/b14-12-,17-15-,20-19-. The summed E-state index contributed by atoms with van der Waals surface area (Å²) in [6, 6.07) is 0. The van der Waals surface area contributed by atoms with Crippen LogP contribution >= 0.6 is 7.82 Å². The molecule has 0 radical (unpaired) electrons. The number of rotatable bonds is 43. The van der Waals surface area contributed by atoms with Gasteiger partial charge in [0.2, 0.25) is 0 Å². The third kappa shape index (κ3) is 42.1. The Morgan fingerprint density at radius 1 is 0.564 bits per heavy atom. The lowest BCUT2D eigenvalue weighted by atomic mass is 10.1. The van der Waals surface area contributed by atoms with Gasteiger partial charge in [-0.1, -0.05) is 159 Å². The molecule has 0 aromatic carbocycles. The molecule has 0 spiro atoms. The fraction of sp³-hybridized carbons (Fsp3) is 0.844. The minimum absolute atomic E-state index is 0.0442. The van der Waals surface area contributed by atoms with Crippen LogP contribution in [0, 0.1) is 0 Å². The fourth-order valence-electron chi connectivity index (χ4n) is 6.09. The summed E-state index contributed by atoms with van der Waals surface area (Å²) in [5, 5.41) is 18.3. The minimum Gasteiger partial charge on any atom is -0.457 e. The highest BCUT2D eigenvalue weighted by atomic mass is 31.2. The molecule has 0 bridgehead atoms. The van der Waals surface area contributed by atoms with Crippen molar-refractivity contribution >= 4 is 13.8 Å². The number of aliphatic hydroxyl groups is 2. The monoisotopic (exact) mass is 801 g/mol. The molecule has 9 nitrogen and oxygen atoms in total. The van der Waals surface area contributed by atoms with Crippen molar-refractivity contribution in [3.63, 3.8) is 0 Å². The average molecular weight is 801 g/mol. The zero-order valence-corrected chi connectivity index (χ0v) is 36.3. The van der Waals surface area contributed by atoms with E-state index in [4.69, 9.17) is 23.6 Å². The number of hydrogen-bond acceptors (Lipinski definition) is 8. The average Bonchev–Trinajstić information content (AvgIpc) is 3.18. The first-order valence-corrected chi connectivity index (χ1v) is 24.0. The number of carbonyl (C=O) groups is 1. The Bertz CT molecular complexity index is 955. The number of unbranched alkanes of at least 4 members (excludes halogenated alkanes) is 23. The first-order valence-electron chi connectivity index (χ1n) is 22.5. The molecule has 0 aliphatic heterocycles. The van der Waals surface area contributed by atoms with Crippen LogP contribution in [0.25, 0.3) is 0 Å². The summed E-state index contributed by atoms with van der Waals surface area (Å²) in [4.78, 5) is 22.6. The van der Waals surface area contributed by atoms with E-state index >= 15 is 0 Å². The molecule has 0 heterocycles. The number of allylic oxidation sites excluding steroid dienone is 6. The smallest absolute Gasteiger partial charge is 0.457 e. The van der Waals surface area contributed by atoms with Gasteiger partial charge in [0.25, 0.3) is 0 Å². The Balaban J connectivity index is 4.13. The molecule has 0 saturated heterocycles. The van der Waals surface area contributed by atoms with Gasteiger partial charge >= 0.3 is 13.8 Å². The van der Waals surface area contributed by atoms with Crippen molar-refractivity contribution in [2.45, 2.75) is 212 Å². The zero-order chi connectivity index (χ0) is 40.3. The van der Waals surface area contributed by atoms with E-state index in [0.29, 0.717) is 6.61 Å². The predicted molar refractivity (Wildman–Crippen MR) is 228 cm³/mol. The molecule has 10 heteroatoms. The van der Waals surface area contributed by atoms with Gasteiger partial charge in [0.05, 0.1) is 26.4 Å². The van der Waals surface area contributed by atoms with E-state index in [1.165, 1.54) is 122 Å². The second-order valence-corrected chi connectivity index (χ2v) is 16.5. The molecule has 0 aliphatic rings. The topological polar surface area (TPSA) is 132 Å². The number of phosphoric acid groups is 1. The highest BCUT2D eigenvalue weighted by molar-refractivity contribution is 7.47. The lowest BCUT2D eigenvalue weighted by Gasteiger charge is -2.20. The molecule has 55 heavy (non-hydrogen) atoms. The van der Waals surface area contributed by atoms with Crippen molar-refractivity contribution in [2.75, 3.05) is 33.0 Å². The molecule has 0 aromatic heterocycles. The minimum atomic E-state index is -4.52. The van der Waals surface area contributed by atoms with E-state index in [1.54, 1.807) is 0 Å². The second kappa shape index (κ2) is 42.3. The van der Waals surface area contributed by atoms with Crippen LogP contribution in [0.3, 0.4) is 0 Å². The van der Waals surface area contributed by atoms with Gasteiger partial charge in [0, 0.05) is 13.0 Å². The summed E-state index contributed by atoms with van der Waals surface area (Å²) in [5.74, 6) is -0.389. The number of hydrogen-bond donors (Lipinski definition) is 3. The van der Waals surface area contributed by atoms with E-state index in [9.17, 15) is 19.4 Å². The first-order chi connectivity index (χ1) is 26.8. The van der Waals surface area contributed by atoms with Gasteiger partial charge in [-0.05, 0) is 70.6 Å². The number of carbonyl (C=O) groups excluding carboxylic acids is 1. The van der Waals surface area contributed by atoms with Crippen molar-refractivity contribution in [2.24, 2.45) is 0 Å². The number of ether oxygens (including phenoxy) is 2. The molecule has 3 atom stereocenters. The Morgan fingerprint density at radius 2 is 0.982 bits per heavy atom. The van der Waals surface area contributed by atoms with E-state index in [0.717, 1.165) is 57.8 Å². The van der Waals surface area contributed by atoms with Crippen molar-refractivity contribution in [1.82, 2.24) is 0 Å². The van der Waals surface area contributed by atoms with Gasteiger partial charge in [-0.3, -0.25) is 13.8 Å². The van der Waals surface area contributed by atoms with Crippen molar-refractivity contribution < 1.29 is 43.0 Å². The van der Waals surface area contributed by atoms with Gasteiger partial charge in [0.1, 0.15) is 12.2 Å². The van der Waals surface area contributed by atoms with Gasteiger partial charge in [0.15, 0.2) is 0 Å². The van der Waals surface area contributed by atoms with Crippen LogP contribution in [0.15, 0.2) is 36.5 Å². The SMILES string of the molecule is CCCCC/C=C\CCCCCCCCOCC(COP(=O)(O)OCC(O)CO)OC(=O)CCCCCCCCCCC/C=C\C/C=C\CCCCCCC. The Hall–Kier alpha value is -1.32. The van der Waals surface area contributed by atoms with Crippen LogP contribution in [0.2, 0.25) is 0 Å². The summed E-state index contributed by atoms with van der Waals surface area (Å²) in [7, 11) is -4.52. The first kappa shape index (κ1) is 53.7. The van der Waals surface area contributed by atoms with E-state index in [2.05, 4.69) is 50.3 Å². The third-order valence-electron chi connectivity index (χ3n) is 9.55. The van der Waals surface area contributed by atoms with Crippen LogP contribution in [-0.2, 0) is 27.9 Å². The predicted octanol–water partition coefficient (Wildman–Crippen LogP) is 12.4. The molecule has 0 aromatic rings. The van der Waals surface area contributed by atoms with Crippen LogP contribution < -0.4 is 0 Å². The van der Waals surface area contributed by atoms with Gasteiger partial charge in [-0.15, -0.1) is 0 Å². The summed E-state index contributed by atoms with van der Waals surface area (Å²) in [6.07, 6.45) is 45.3. The maximum atomic E-state index is 12.6. The van der Waals surface area contributed by atoms with E-state index in [1.807, 2.05) is 0 Å². The molecule has 3 N–H and O–H groups in total. The molecule has 0 saturated carbocycles. The van der Waals surface area contributed by atoms with Crippen LogP contribution in [0.5, 0.6) is 0 Å². The maximum Gasteiger partial charge on any atom is 0.472 e. The lowest BCUT2D eigenvalue weighted by molar-refractivity contribution is -0.154. The van der Waals surface area contributed by atoms with Gasteiger partial charge in [-0.25, -0.2) is 4.57 Å². The summed E-state index contributed by atoms with van der Waals surface area (Å²) in [5.41, 5.74) is 0. The maximum absolute atomic E-state index is 12.6. The van der Waals surface area contributed by atoms with Crippen molar-refractivity contribution in [1.29, 1.82) is 0 Å². The van der Waals surface area contributed by atoms with Crippen LogP contribution in [0.1, 0.15) is 200 Å². The second-order valence-electron chi connectivity index (χ2n) is 15.1. The largest absolute Gasteiger partial charge is 0.472 e. The van der Waals surface area contributed by atoms with Gasteiger partial charge in [-0.2, -0.15) is 0 Å². The Kier molecular flexibility index (Phi) is 41.3. The quantitative estimate of drug-likeness (QED) is 0.0239. The molecule has 0 aliphatic carbocycles. The fourth-order valence-corrected chi connectivity index (χ4v) is 6.88. The van der Waals surface area contributed by atoms with Crippen LogP contribution in [0.4, 0.5) is 0 Å². The van der Waals surface area contributed by atoms with Gasteiger partial charge < -0.3 is 24.6 Å². The zero-order valence-electron chi connectivity index (χ0n) is 35.4.